The van der Waals surface area contributed by atoms with Crippen LogP contribution in [0.2, 0.25) is 0 Å². The van der Waals surface area contributed by atoms with E-state index in [2.05, 4.69) is 19.7 Å². The van der Waals surface area contributed by atoms with Crippen LogP contribution in [0.3, 0.4) is 0 Å². The van der Waals surface area contributed by atoms with Crippen molar-refractivity contribution in [2.45, 2.75) is 36.4 Å². The van der Waals surface area contributed by atoms with E-state index < -0.39 is 0 Å². The van der Waals surface area contributed by atoms with Crippen LogP contribution in [0.15, 0.2) is 22.2 Å². The normalized spacial score (nSPS) is 15.4. The predicted molar refractivity (Wildman–Crippen MR) is 62.2 cm³/mol. The van der Waals surface area contributed by atoms with Gasteiger partial charge >= 0.3 is 0 Å². The summed E-state index contributed by atoms with van der Waals surface area (Å²) >= 11 is 1.52. The maximum atomic E-state index is 5.41. The fraction of sp³-hybridized carbons (Fsp3) is 0.500. The van der Waals surface area contributed by atoms with E-state index >= 15 is 0 Å². The lowest BCUT2D eigenvalue weighted by molar-refractivity contribution is 0.414. The summed E-state index contributed by atoms with van der Waals surface area (Å²) in [5.74, 6) is 1.27. The van der Waals surface area contributed by atoms with Crippen LogP contribution in [0.1, 0.15) is 30.5 Å². The summed E-state index contributed by atoms with van der Waals surface area (Å²) in [5.41, 5.74) is 6.61. The summed E-state index contributed by atoms with van der Waals surface area (Å²) in [6, 6.07) is 0.649. The van der Waals surface area contributed by atoms with Crippen LogP contribution in [-0.4, -0.2) is 19.7 Å². The first kappa shape index (κ1) is 10.8. The molecule has 2 heterocycles. The molecule has 3 rings (SSSR count). The highest BCUT2D eigenvalue weighted by Gasteiger charge is 2.25. The maximum Gasteiger partial charge on any atom is 0.277 e. The molecule has 2 aromatic rings. The van der Waals surface area contributed by atoms with E-state index in [0.717, 1.165) is 5.75 Å². The van der Waals surface area contributed by atoms with Crippen molar-refractivity contribution < 1.29 is 4.42 Å². The maximum absolute atomic E-state index is 5.41. The topological polar surface area (TPSA) is 82.8 Å². The molecular weight excluding hydrogens is 238 g/mol. The number of rotatable bonds is 5. The zero-order chi connectivity index (χ0) is 11.7. The van der Waals surface area contributed by atoms with Crippen molar-refractivity contribution >= 4 is 11.8 Å². The first-order chi connectivity index (χ1) is 8.36. The average Bonchev–Trinajstić information content (AvgIpc) is 2.93. The Balaban J connectivity index is 1.64. The van der Waals surface area contributed by atoms with Crippen molar-refractivity contribution in [1.82, 2.24) is 19.7 Å². The molecule has 0 radical (unpaired) electrons. The van der Waals surface area contributed by atoms with Gasteiger partial charge in [0.25, 0.3) is 5.22 Å². The zero-order valence-corrected chi connectivity index (χ0v) is 10.1. The van der Waals surface area contributed by atoms with E-state index in [1.807, 2.05) is 12.5 Å². The van der Waals surface area contributed by atoms with E-state index in [0.29, 0.717) is 17.2 Å². The van der Waals surface area contributed by atoms with Crippen LogP contribution >= 0.6 is 11.8 Å². The van der Waals surface area contributed by atoms with Crippen LogP contribution in [-0.2, 0) is 12.3 Å². The first-order valence-electron chi connectivity index (χ1n) is 5.53. The second-order valence-electron chi connectivity index (χ2n) is 3.98. The van der Waals surface area contributed by atoms with E-state index in [4.69, 9.17) is 10.2 Å². The molecule has 2 aromatic heterocycles. The summed E-state index contributed by atoms with van der Waals surface area (Å²) < 4.78 is 7.56. The SMILES string of the molecule is NCc1nnc(SCc2cncn2C2CC2)o1. The summed E-state index contributed by atoms with van der Waals surface area (Å²) in [7, 11) is 0. The standard InChI is InChI=1S/C10H13N5OS/c11-3-9-13-14-10(16-9)17-5-8-4-12-6-15(8)7-1-2-7/h4,6-7H,1-3,5,11H2. The summed E-state index contributed by atoms with van der Waals surface area (Å²) in [6.07, 6.45) is 6.30. The lowest BCUT2D eigenvalue weighted by Gasteiger charge is -2.03. The van der Waals surface area contributed by atoms with Crippen LogP contribution < -0.4 is 5.73 Å². The molecular formula is C10H13N5OS. The molecule has 1 saturated carbocycles. The zero-order valence-electron chi connectivity index (χ0n) is 9.24. The van der Waals surface area contributed by atoms with Crippen molar-refractivity contribution in [1.29, 1.82) is 0 Å². The number of nitrogens with two attached hydrogens (primary N) is 1. The fourth-order valence-corrected chi connectivity index (χ4v) is 2.39. The van der Waals surface area contributed by atoms with Gasteiger partial charge in [-0.25, -0.2) is 4.98 Å². The van der Waals surface area contributed by atoms with Gasteiger partial charge in [0, 0.05) is 23.7 Å². The molecule has 0 atom stereocenters. The molecule has 0 bridgehead atoms. The van der Waals surface area contributed by atoms with Crippen molar-refractivity contribution in [2.24, 2.45) is 5.73 Å². The highest BCUT2D eigenvalue weighted by molar-refractivity contribution is 7.98. The van der Waals surface area contributed by atoms with Gasteiger partial charge in [-0.2, -0.15) is 0 Å². The van der Waals surface area contributed by atoms with Crippen LogP contribution in [0, 0.1) is 0 Å². The van der Waals surface area contributed by atoms with Crippen molar-refractivity contribution in [3.8, 4) is 0 Å². The van der Waals surface area contributed by atoms with Gasteiger partial charge < -0.3 is 14.7 Å². The van der Waals surface area contributed by atoms with Crippen molar-refractivity contribution in [3.05, 3.63) is 24.1 Å². The van der Waals surface area contributed by atoms with Gasteiger partial charge in [-0.15, -0.1) is 10.2 Å². The third-order valence-electron chi connectivity index (χ3n) is 2.65. The number of thioether (sulfide) groups is 1. The van der Waals surface area contributed by atoms with Gasteiger partial charge in [0.2, 0.25) is 5.89 Å². The van der Waals surface area contributed by atoms with Gasteiger partial charge in [-0.1, -0.05) is 11.8 Å². The molecule has 0 unspecified atom stereocenters. The molecule has 90 valence electrons. The number of aromatic nitrogens is 4. The Labute approximate surface area is 103 Å². The monoisotopic (exact) mass is 251 g/mol. The van der Waals surface area contributed by atoms with Gasteiger partial charge in [0.1, 0.15) is 0 Å². The molecule has 1 aliphatic carbocycles. The largest absolute Gasteiger partial charge is 0.415 e. The Bertz CT molecular complexity index is 504. The molecule has 0 amide bonds. The van der Waals surface area contributed by atoms with Crippen LogP contribution in [0.4, 0.5) is 0 Å². The molecule has 0 aromatic carbocycles. The Morgan fingerprint density at radius 3 is 3.06 bits per heavy atom. The summed E-state index contributed by atoms with van der Waals surface area (Å²) in [5, 5.41) is 8.30. The Morgan fingerprint density at radius 1 is 1.47 bits per heavy atom. The molecule has 1 fully saturated rings. The minimum Gasteiger partial charge on any atom is -0.415 e. The van der Waals surface area contributed by atoms with Crippen LogP contribution in [0.5, 0.6) is 0 Å². The molecule has 0 saturated heterocycles. The van der Waals surface area contributed by atoms with Gasteiger partial charge in [0.05, 0.1) is 12.9 Å². The summed E-state index contributed by atoms with van der Waals surface area (Å²) in [4.78, 5) is 4.18. The van der Waals surface area contributed by atoms with E-state index in [9.17, 15) is 0 Å². The molecule has 0 aliphatic heterocycles. The third-order valence-corrected chi connectivity index (χ3v) is 3.51. The number of hydrogen-bond acceptors (Lipinski definition) is 6. The molecule has 0 spiro atoms. The number of nitrogens with zero attached hydrogens (tertiary/aromatic N) is 4. The molecule has 7 heteroatoms. The van der Waals surface area contributed by atoms with Crippen molar-refractivity contribution in [2.75, 3.05) is 0 Å². The lowest BCUT2D eigenvalue weighted by atomic mass is 10.5. The van der Waals surface area contributed by atoms with Gasteiger partial charge in [0.15, 0.2) is 0 Å². The molecule has 1 aliphatic rings. The predicted octanol–water partition coefficient (Wildman–Crippen LogP) is 1.35. The highest BCUT2D eigenvalue weighted by Crippen LogP contribution is 2.36. The molecule has 6 nitrogen and oxygen atoms in total. The third kappa shape index (κ3) is 2.34. The first-order valence-corrected chi connectivity index (χ1v) is 6.51. The number of hydrogen-bond donors (Lipinski definition) is 1. The second-order valence-corrected chi connectivity index (χ2v) is 4.90. The quantitative estimate of drug-likeness (QED) is 0.808. The molecule has 17 heavy (non-hydrogen) atoms. The fourth-order valence-electron chi connectivity index (χ4n) is 1.64. The van der Waals surface area contributed by atoms with E-state index in [1.54, 1.807) is 0 Å². The Hall–Kier alpha value is -1.34. The van der Waals surface area contributed by atoms with Gasteiger partial charge in [-0.3, -0.25) is 0 Å². The minimum atomic E-state index is 0.285. The summed E-state index contributed by atoms with van der Waals surface area (Å²) in [6.45, 7) is 0.285. The van der Waals surface area contributed by atoms with Crippen LogP contribution in [0.25, 0.3) is 0 Å². The van der Waals surface area contributed by atoms with Crippen molar-refractivity contribution in [3.63, 3.8) is 0 Å². The van der Waals surface area contributed by atoms with E-state index in [-0.39, 0.29) is 6.54 Å². The minimum absolute atomic E-state index is 0.285. The smallest absolute Gasteiger partial charge is 0.277 e. The van der Waals surface area contributed by atoms with E-state index in [1.165, 1.54) is 30.3 Å². The second kappa shape index (κ2) is 4.50. The average molecular weight is 251 g/mol. The Kier molecular flexibility index (Phi) is 2.86. The number of imidazole rings is 1. The lowest BCUT2D eigenvalue weighted by Crippen LogP contribution is -1.97. The Morgan fingerprint density at radius 2 is 2.35 bits per heavy atom. The van der Waals surface area contributed by atoms with Gasteiger partial charge in [-0.05, 0) is 12.8 Å². The molecule has 2 N–H and O–H groups in total. The highest BCUT2D eigenvalue weighted by atomic mass is 32.2.